The van der Waals surface area contributed by atoms with Crippen LogP contribution in [0.5, 0.6) is 0 Å². The van der Waals surface area contributed by atoms with Gasteiger partial charge >= 0.3 is 0 Å². The standard InChI is InChI=1S/C24H22N4O2/c1-17-4-2-3-5-20(17)24(30)10-12-27(16-24)23(29)19-8-6-18(7-9-19)21-14-26-22-15-25-11-13-28(21)22/h2-9,11,13-15,30H,10,12,16H2,1H3. The Morgan fingerprint density at radius 2 is 1.90 bits per heavy atom. The molecule has 30 heavy (non-hydrogen) atoms. The smallest absolute Gasteiger partial charge is 0.253 e. The summed E-state index contributed by atoms with van der Waals surface area (Å²) in [6.07, 6.45) is 7.64. The zero-order valence-corrected chi connectivity index (χ0v) is 16.7. The fraction of sp³-hybridized carbons (Fsp3) is 0.208. The molecule has 4 aromatic rings. The summed E-state index contributed by atoms with van der Waals surface area (Å²) in [5.74, 6) is -0.0617. The maximum absolute atomic E-state index is 13.1. The molecule has 5 rings (SSSR count). The van der Waals surface area contributed by atoms with Gasteiger partial charge in [-0.15, -0.1) is 0 Å². The molecule has 1 unspecified atom stereocenters. The van der Waals surface area contributed by atoms with Crippen LogP contribution in [0.1, 0.15) is 27.9 Å². The van der Waals surface area contributed by atoms with E-state index in [-0.39, 0.29) is 5.91 Å². The largest absolute Gasteiger partial charge is 0.383 e. The molecule has 1 N–H and O–H groups in total. The van der Waals surface area contributed by atoms with E-state index < -0.39 is 5.60 Å². The summed E-state index contributed by atoms with van der Waals surface area (Å²) in [5, 5.41) is 11.2. The van der Waals surface area contributed by atoms with Gasteiger partial charge in [0.25, 0.3) is 5.91 Å². The minimum absolute atomic E-state index is 0.0617. The number of β-amino-alcohol motifs (C(OH)–C–C–N with tert-alkyl or cyclic N) is 1. The van der Waals surface area contributed by atoms with Gasteiger partial charge in [-0.2, -0.15) is 0 Å². The van der Waals surface area contributed by atoms with E-state index in [4.69, 9.17) is 0 Å². The number of hydrogen-bond donors (Lipinski definition) is 1. The van der Waals surface area contributed by atoms with Gasteiger partial charge in [-0.25, -0.2) is 4.98 Å². The average Bonchev–Trinajstić information content (AvgIpc) is 3.38. The van der Waals surface area contributed by atoms with Gasteiger partial charge in [-0.1, -0.05) is 36.4 Å². The van der Waals surface area contributed by atoms with E-state index in [2.05, 4.69) is 9.97 Å². The summed E-state index contributed by atoms with van der Waals surface area (Å²) in [5.41, 5.74) is 4.26. The van der Waals surface area contributed by atoms with E-state index in [1.807, 2.05) is 66.1 Å². The lowest BCUT2D eigenvalue weighted by Gasteiger charge is -2.25. The second-order valence-electron chi connectivity index (χ2n) is 7.85. The summed E-state index contributed by atoms with van der Waals surface area (Å²) < 4.78 is 1.96. The van der Waals surface area contributed by atoms with E-state index in [9.17, 15) is 9.90 Å². The second kappa shape index (κ2) is 7.07. The highest BCUT2D eigenvalue weighted by Crippen LogP contribution is 2.34. The first-order chi connectivity index (χ1) is 14.5. The van der Waals surface area contributed by atoms with Crippen molar-refractivity contribution in [1.82, 2.24) is 19.3 Å². The predicted octanol–water partition coefficient (Wildman–Crippen LogP) is 3.44. The van der Waals surface area contributed by atoms with Crippen LogP contribution in [-0.2, 0) is 5.60 Å². The lowest BCUT2D eigenvalue weighted by Crippen LogP contribution is -2.34. The third-order valence-corrected chi connectivity index (χ3v) is 5.93. The Balaban J connectivity index is 1.37. The first-order valence-electron chi connectivity index (χ1n) is 10.0. The number of amides is 1. The maximum Gasteiger partial charge on any atom is 0.253 e. The number of aryl methyl sites for hydroxylation is 1. The maximum atomic E-state index is 13.1. The molecule has 6 heteroatoms. The van der Waals surface area contributed by atoms with Gasteiger partial charge in [0.2, 0.25) is 0 Å². The third kappa shape index (κ3) is 3.06. The third-order valence-electron chi connectivity index (χ3n) is 5.93. The number of aromatic nitrogens is 3. The number of carbonyl (C=O) groups is 1. The molecule has 1 fully saturated rings. The summed E-state index contributed by atoms with van der Waals surface area (Å²) in [4.78, 5) is 23.2. The Hall–Kier alpha value is -3.51. The molecule has 1 saturated heterocycles. The molecule has 3 heterocycles. The zero-order valence-electron chi connectivity index (χ0n) is 16.7. The number of hydrogen-bond acceptors (Lipinski definition) is 4. The van der Waals surface area contributed by atoms with Crippen LogP contribution < -0.4 is 0 Å². The quantitative estimate of drug-likeness (QED) is 0.574. The average molecular weight is 398 g/mol. The molecule has 2 aromatic carbocycles. The molecule has 150 valence electrons. The van der Waals surface area contributed by atoms with E-state index in [0.29, 0.717) is 25.1 Å². The van der Waals surface area contributed by atoms with E-state index in [1.54, 1.807) is 23.5 Å². The van der Waals surface area contributed by atoms with Crippen molar-refractivity contribution < 1.29 is 9.90 Å². The van der Waals surface area contributed by atoms with Crippen LogP contribution in [0.15, 0.2) is 73.3 Å². The molecule has 0 aliphatic carbocycles. The number of fused-ring (bicyclic) bond motifs is 1. The number of benzene rings is 2. The fourth-order valence-electron chi connectivity index (χ4n) is 4.30. The van der Waals surface area contributed by atoms with Crippen molar-refractivity contribution in [2.45, 2.75) is 18.9 Å². The van der Waals surface area contributed by atoms with Crippen molar-refractivity contribution in [3.05, 3.63) is 90.0 Å². The molecule has 0 spiro atoms. The number of imidazole rings is 1. The lowest BCUT2D eigenvalue weighted by atomic mass is 9.89. The van der Waals surface area contributed by atoms with Crippen LogP contribution in [0.25, 0.3) is 16.9 Å². The van der Waals surface area contributed by atoms with Gasteiger partial charge in [-0.3, -0.25) is 14.2 Å². The molecule has 1 atom stereocenters. The number of rotatable bonds is 3. The first kappa shape index (κ1) is 18.5. The molecule has 1 amide bonds. The van der Waals surface area contributed by atoms with Crippen LogP contribution in [0.2, 0.25) is 0 Å². The first-order valence-corrected chi connectivity index (χ1v) is 10.0. The number of nitrogens with zero attached hydrogens (tertiary/aromatic N) is 4. The zero-order chi connectivity index (χ0) is 20.7. The Kier molecular flexibility index (Phi) is 4.37. The van der Waals surface area contributed by atoms with Crippen LogP contribution >= 0.6 is 0 Å². The second-order valence-corrected chi connectivity index (χ2v) is 7.85. The van der Waals surface area contributed by atoms with Crippen LogP contribution in [0.4, 0.5) is 0 Å². The molecule has 1 aliphatic heterocycles. The van der Waals surface area contributed by atoms with Crippen LogP contribution in [0.3, 0.4) is 0 Å². The van der Waals surface area contributed by atoms with Crippen molar-refractivity contribution in [3.63, 3.8) is 0 Å². The van der Waals surface area contributed by atoms with Crippen LogP contribution in [0, 0.1) is 6.92 Å². The lowest BCUT2D eigenvalue weighted by molar-refractivity contribution is 0.0412. The number of carbonyl (C=O) groups excluding carboxylic acids is 1. The van der Waals surface area contributed by atoms with Gasteiger partial charge in [0.1, 0.15) is 5.60 Å². The van der Waals surface area contributed by atoms with Crippen LogP contribution in [-0.4, -0.2) is 43.4 Å². The monoisotopic (exact) mass is 398 g/mol. The Morgan fingerprint density at radius 3 is 2.70 bits per heavy atom. The molecule has 0 bridgehead atoms. The highest BCUT2D eigenvalue weighted by Gasteiger charge is 2.40. The van der Waals surface area contributed by atoms with Crippen molar-refractivity contribution in [3.8, 4) is 11.3 Å². The minimum atomic E-state index is -0.995. The van der Waals surface area contributed by atoms with Gasteiger partial charge in [-0.05, 0) is 36.6 Å². The van der Waals surface area contributed by atoms with Crippen molar-refractivity contribution in [2.24, 2.45) is 0 Å². The van der Waals surface area contributed by atoms with E-state index in [1.165, 1.54) is 0 Å². The topological polar surface area (TPSA) is 70.7 Å². The molecule has 1 aliphatic rings. The van der Waals surface area contributed by atoms with Gasteiger partial charge in [0.05, 0.1) is 24.6 Å². The van der Waals surface area contributed by atoms with Gasteiger partial charge in [0, 0.05) is 30.1 Å². The predicted molar refractivity (Wildman–Crippen MR) is 114 cm³/mol. The Morgan fingerprint density at radius 1 is 1.10 bits per heavy atom. The molecular formula is C24H22N4O2. The molecule has 6 nitrogen and oxygen atoms in total. The molecule has 0 radical (unpaired) electrons. The SMILES string of the molecule is Cc1ccccc1C1(O)CCN(C(=O)c2ccc(-c3cnc4cnccn34)cc2)C1. The summed E-state index contributed by atoms with van der Waals surface area (Å²) in [6, 6.07) is 15.4. The summed E-state index contributed by atoms with van der Waals surface area (Å²) >= 11 is 0. The van der Waals surface area contributed by atoms with Crippen molar-refractivity contribution in [2.75, 3.05) is 13.1 Å². The van der Waals surface area contributed by atoms with Crippen molar-refractivity contribution >= 4 is 11.6 Å². The van der Waals surface area contributed by atoms with Crippen molar-refractivity contribution in [1.29, 1.82) is 0 Å². The highest BCUT2D eigenvalue weighted by molar-refractivity contribution is 5.95. The fourth-order valence-corrected chi connectivity index (χ4v) is 4.30. The minimum Gasteiger partial charge on any atom is -0.383 e. The van der Waals surface area contributed by atoms with E-state index in [0.717, 1.165) is 28.0 Å². The molecule has 0 saturated carbocycles. The highest BCUT2D eigenvalue weighted by atomic mass is 16.3. The summed E-state index contributed by atoms with van der Waals surface area (Å²) in [6.45, 7) is 2.83. The molecular weight excluding hydrogens is 376 g/mol. The number of aliphatic hydroxyl groups is 1. The number of likely N-dealkylation sites (tertiary alicyclic amines) is 1. The Labute approximate surface area is 174 Å². The molecule has 2 aromatic heterocycles. The summed E-state index contributed by atoms with van der Waals surface area (Å²) in [7, 11) is 0. The van der Waals surface area contributed by atoms with E-state index >= 15 is 0 Å². The van der Waals surface area contributed by atoms with Gasteiger partial charge in [0.15, 0.2) is 5.65 Å². The van der Waals surface area contributed by atoms with Gasteiger partial charge < -0.3 is 10.0 Å². The normalized spacial score (nSPS) is 18.8. The Bertz CT molecular complexity index is 1230.